The number of rotatable bonds is 3. The number of ether oxygens (including phenoxy) is 2. The normalized spacial score (nSPS) is 26.7. The van der Waals surface area contributed by atoms with E-state index in [-0.39, 0.29) is 12.5 Å². The predicted molar refractivity (Wildman–Crippen MR) is 101 cm³/mol. The highest BCUT2D eigenvalue weighted by Crippen LogP contribution is 2.37. The SMILES string of the molecule is CC(C)(C)OC(=O)N1C(=O)C2C[C@H]1[C@@H](N)C[C@@H]2NC(=O)OCc1ccccc1. The Morgan fingerprint density at radius 1 is 1.21 bits per heavy atom. The Balaban J connectivity index is 1.62. The van der Waals surface area contributed by atoms with E-state index in [4.69, 9.17) is 15.2 Å². The number of imide groups is 1. The monoisotopic (exact) mass is 389 g/mol. The Morgan fingerprint density at radius 2 is 1.89 bits per heavy atom. The highest BCUT2D eigenvalue weighted by Gasteiger charge is 2.54. The van der Waals surface area contributed by atoms with E-state index in [0.717, 1.165) is 10.5 Å². The molecule has 1 saturated carbocycles. The Morgan fingerprint density at radius 3 is 2.54 bits per heavy atom. The quantitative estimate of drug-likeness (QED) is 0.820. The predicted octanol–water partition coefficient (Wildman–Crippen LogP) is 2.16. The highest BCUT2D eigenvalue weighted by molar-refractivity contribution is 5.96. The van der Waals surface area contributed by atoms with Crippen LogP contribution in [-0.4, -0.2) is 46.7 Å². The van der Waals surface area contributed by atoms with Crippen LogP contribution in [0.4, 0.5) is 9.59 Å². The molecule has 3 N–H and O–H groups in total. The maximum Gasteiger partial charge on any atom is 0.417 e. The largest absolute Gasteiger partial charge is 0.445 e. The number of alkyl carbamates (subject to hydrolysis) is 1. The molecule has 4 atom stereocenters. The summed E-state index contributed by atoms with van der Waals surface area (Å²) in [4.78, 5) is 38.6. The van der Waals surface area contributed by atoms with Gasteiger partial charge < -0.3 is 20.5 Å². The summed E-state index contributed by atoms with van der Waals surface area (Å²) in [7, 11) is 0. The van der Waals surface area contributed by atoms with Crippen molar-refractivity contribution in [2.24, 2.45) is 11.7 Å². The minimum atomic E-state index is -0.711. The van der Waals surface area contributed by atoms with Crippen LogP contribution in [0.25, 0.3) is 0 Å². The van der Waals surface area contributed by atoms with Crippen LogP contribution in [-0.2, 0) is 20.9 Å². The second-order valence-electron chi connectivity index (χ2n) is 8.31. The minimum absolute atomic E-state index is 0.136. The van der Waals surface area contributed by atoms with Gasteiger partial charge in [0, 0.05) is 12.1 Å². The van der Waals surface area contributed by atoms with Gasteiger partial charge in [-0.25, -0.2) is 14.5 Å². The van der Waals surface area contributed by atoms with Gasteiger partial charge in [-0.15, -0.1) is 0 Å². The van der Waals surface area contributed by atoms with Crippen molar-refractivity contribution < 1.29 is 23.9 Å². The summed E-state index contributed by atoms with van der Waals surface area (Å²) in [5, 5.41) is 2.74. The van der Waals surface area contributed by atoms with Gasteiger partial charge in [0.2, 0.25) is 5.91 Å². The van der Waals surface area contributed by atoms with E-state index in [1.54, 1.807) is 20.8 Å². The van der Waals surface area contributed by atoms with Crippen molar-refractivity contribution in [3.05, 3.63) is 35.9 Å². The summed E-state index contributed by atoms with van der Waals surface area (Å²) < 4.78 is 10.6. The smallest absolute Gasteiger partial charge is 0.417 e. The Hall–Kier alpha value is -2.61. The van der Waals surface area contributed by atoms with Crippen molar-refractivity contribution in [2.45, 2.75) is 63.9 Å². The number of benzene rings is 1. The van der Waals surface area contributed by atoms with E-state index in [9.17, 15) is 14.4 Å². The second-order valence-corrected chi connectivity index (χ2v) is 8.31. The zero-order valence-electron chi connectivity index (χ0n) is 16.4. The zero-order chi connectivity index (χ0) is 20.5. The molecule has 28 heavy (non-hydrogen) atoms. The number of hydrogen-bond donors (Lipinski definition) is 2. The summed E-state index contributed by atoms with van der Waals surface area (Å²) in [5.41, 5.74) is 6.36. The van der Waals surface area contributed by atoms with Gasteiger partial charge in [-0.3, -0.25) is 4.79 Å². The number of likely N-dealkylation sites (tertiary alicyclic amines) is 1. The fraction of sp³-hybridized carbons (Fsp3) is 0.550. The Labute approximate surface area is 164 Å². The number of carbonyl (C=O) groups is 3. The maximum absolute atomic E-state index is 12.8. The second kappa shape index (κ2) is 7.79. The average molecular weight is 389 g/mol. The molecule has 1 aromatic rings. The van der Waals surface area contributed by atoms with Gasteiger partial charge in [0.25, 0.3) is 0 Å². The molecule has 1 saturated heterocycles. The van der Waals surface area contributed by atoms with Crippen LogP contribution in [0.5, 0.6) is 0 Å². The molecule has 3 amide bonds. The molecule has 1 aromatic carbocycles. The number of amides is 3. The van der Waals surface area contributed by atoms with Gasteiger partial charge in [0.15, 0.2) is 0 Å². The Bertz CT molecular complexity index is 746. The molecule has 1 heterocycles. The fourth-order valence-corrected chi connectivity index (χ4v) is 3.74. The molecule has 2 fully saturated rings. The highest BCUT2D eigenvalue weighted by atomic mass is 16.6. The molecule has 0 aromatic heterocycles. The van der Waals surface area contributed by atoms with Gasteiger partial charge >= 0.3 is 12.2 Å². The van der Waals surface area contributed by atoms with Crippen molar-refractivity contribution in [3.63, 3.8) is 0 Å². The lowest BCUT2D eigenvalue weighted by Gasteiger charge is -2.33. The van der Waals surface area contributed by atoms with E-state index in [1.807, 2.05) is 30.3 Å². The molecule has 152 valence electrons. The third-order valence-electron chi connectivity index (χ3n) is 4.99. The lowest BCUT2D eigenvalue weighted by atomic mass is 9.82. The minimum Gasteiger partial charge on any atom is -0.445 e. The lowest BCUT2D eigenvalue weighted by Crippen LogP contribution is -2.52. The summed E-state index contributed by atoms with van der Waals surface area (Å²) in [6, 6.07) is 7.99. The van der Waals surface area contributed by atoms with E-state index < -0.39 is 41.8 Å². The number of carbonyl (C=O) groups excluding carboxylic acids is 3. The number of nitrogens with zero attached hydrogens (tertiary/aromatic N) is 1. The molecular weight excluding hydrogens is 362 g/mol. The Kier molecular flexibility index (Phi) is 5.60. The number of nitrogens with two attached hydrogens (primary N) is 1. The van der Waals surface area contributed by atoms with Gasteiger partial charge in [0.1, 0.15) is 12.2 Å². The topological polar surface area (TPSA) is 111 Å². The fourth-order valence-electron chi connectivity index (χ4n) is 3.74. The third kappa shape index (κ3) is 4.44. The molecule has 8 nitrogen and oxygen atoms in total. The van der Waals surface area contributed by atoms with Crippen LogP contribution in [0.15, 0.2) is 30.3 Å². The van der Waals surface area contributed by atoms with Gasteiger partial charge in [0.05, 0.1) is 12.0 Å². The number of hydrogen-bond acceptors (Lipinski definition) is 6. The van der Waals surface area contributed by atoms with Crippen molar-refractivity contribution in [3.8, 4) is 0 Å². The van der Waals surface area contributed by atoms with Gasteiger partial charge in [-0.1, -0.05) is 30.3 Å². The van der Waals surface area contributed by atoms with E-state index in [1.165, 1.54) is 0 Å². The molecule has 1 aliphatic heterocycles. The van der Waals surface area contributed by atoms with Gasteiger partial charge in [-0.05, 0) is 39.2 Å². The van der Waals surface area contributed by atoms with Crippen LogP contribution >= 0.6 is 0 Å². The molecule has 0 spiro atoms. The van der Waals surface area contributed by atoms with Gasteiger partial charge in [-0.2, -0.15) is 0 Å². The molecular formula is C20H27N3O5. The van der Waals surface area contributed by atoms with Crippen molar-refractivity contribution in [1.82, 2.24) is 10.2 Å². The molecule has 2 bridgehead atoms. The zero-order valence-corrected chi connectivity index (χ0v) is 16.4. The third-order valence-corrected chi connectivity index (χ3v) is 4.99. The van der Waals surface area contributed by atoms with Crippen LogP contribution < -0.4 is 11.1 Å². The first-order valence-electron chi connectivity index (χ1n) is 9.44. The van der Waals surface area contributed by atoms with E-state index >= 15 is 0 Å². The summed E-state index contributed by atoms with van der Waals surface area (Å²) in [6.45, 7) is 5.36. The summed E-state index contributed by atoms with van der Waals surface area (Å²) >= 11 is 0. The van der Waals surface area contributed by atoms with Crippen LogP contribution in [0.1, 0.15) is 39.2 Å². The first kappa shape index (κ1) is 20.1. The molecule has 2 aliphatic rings. The van der Waals surface area contributed by atoms with Crippen molar-refractivity contribution in [2.75, 3.05) is 0 Å². The maximum atomic E-state index is 12.8. The molecule has 0 radical (unpaired) electrons. The van der Waals surface area contributed by atoms with Crippen LogP contribution in [0, 0.1) is 5.92 Å². The molecule has 1 unspecified atom stereocenters. The molecule has 1 aliphatic carbocycles. The number of fused-ring (bicyclic) bond motifs is 2. The average Bonchev–Trinajstić information content (AvgIpc) is 2.92. The first-order valence-corrected chi connectivity index (χ1v) is 9.44. The molecule has 8 heteroatoms. The van der Waals surface area contributed by atoms with Crippen molar-refractivity contribution in [1.29, 1.82) is 0 Å². The molecule has 3 rings (SSSR count). The van der Waals surface area contributed by atoms with Crippen LogP contribution in [0.3, 0.4) is 0 Å². The van der Waals surface area contributed by atoms with Crippen LogP contribution in [0.2, 0.25) is 0 Å². The standard InChI is InChI=1S/C20H27N3O5/c1-20(2,3)28-19(26)23-16-9-13(17(23)24)15(10-14(16)21)22-18(25)27-11-12-7-5-4-6-8-12/h4-8,13-16H,9-11,21H2,1-3H3,(H,22,25)/t13?,14-,15-,16-/m0/s1. The van der Waals surface area contributed by atoms with Crippen molar-refractivity contribution >= 4 is 18.1 Å². The van der Waals surface area contributed by atoms with E-state index in [0.29, 0.717) is 12.8 Å². The lowest BCUT2D eigenvalue weighted by molar-refractivity contribution is -0.131. The summed E-state index contributed by atoms with van der Waals surface area (Å²) in [6.07, 6.45) is -0.500. The summed E-state index contributed by atoms with van der Waals surface area (Å²) in [5.74, 6) is -0.873. The number of nitrogens with one attached hydrogen (secondary N) is 1. The van der Waals surface area contributed by atoms with E-state index in [2.05, 4.69) is 5.32 Å². The first-order chi connectivity index (χ1) is 13.2.